The maximum atomic E-state index is 12.4. The van der Waals surface area contributed by atoms with E-state index in [0.29, 0.717) is 23.7 Å². The van der Waals surface area contributed by atoms with Crippen molar-refractivity contribution in [1.29, 1.82) is 0 Å². The van der Waals surface area contributed by atoms with Gasteiger partial charge in [0.2, 0.25) is 0 Å². The molecule has 0 aromatic carbocycles. The molecule has 0 saturated carbocycles. The summed E-state index contributed by atoms with van der Waals surface area (Å²) in [6.07, 6.45) is -0.290. The van der Waals surface area contributed by atoms with Gasteiger partial charge in [0.25, 0.3) is 0 Å². The normalized spacial score (nSPS) is 20.7. The molecule has 1 aliphatic rings. The topological polar surface area (TPSA) is 91.2 Å². The summed E-state index contributed by atoms with van der Waals surface area (Å²) in [5.74, 6) is 0.647. The van der Waals surface area contributed by atoms with Crippen molar-refractivity contribution < 1.29 is 18.0 Å². The van der Waals surface area contributed by atoms with E-state index in [4.69, 9.17) is 0 Å². The highest BCUT2D eigenvalue weighted by atomic mass is 19.4. The van der Waals surface area contributed by atoms with Crippen LogP contribution in [0.25, 0.3) is 16.8 Å². The Morgan fingerprint density at radius 3 is 2.93 bits per heavy atom. The van der Waals surface area contributed by atoms with Crippen LogP contribution in [-0.4, -0.2) is 61.3 Å². The Balaban J connectivity index is 1.63. The SMILES string of the molecule is CC[C@H]1CN(C(=O)NCC(F)(F)F)C[C@H]1c1nnc2cnc3[nH]ccc3n12. The van der Waals surface area contributed by atoms with Gasteiger partial charge in [-0.2, -0.15) is 13.2 Å². The zero-order valence-electron chi connectivity index (χ0n) is 14.5. The second kappa shape index (κ2) is 6.39. The van der Waals surface area contributed by atoms with E-state index in [2.05, 4.69) is 20.2 Å². The molecule has 1 saturated heterocycles. The number of halogens is 3. The molecule has 27 heavy (non-hydrogen) atoms. The molecule has 144 valence electrons. The van der Waals surface area contributed by atoms with Crippen molar-refractivity contribution in [2.45, 2.75) is 25.4 Å². The Kier molecular flexibility index (Phi) is 4.16. The highest BCUT2D eigenvalue weighted by Gasteiger charge is 2.39. The fraction of sp³-hybridized carbons (Fsp3) is 0.500. The number of alkyl halides is 3. The number of carbonyl (C=O) groups excluding carboxylic acids is 1. The molecular weight excluding hydrogens is 363 g/mol. The van der Waals surface area contributed by atoms with Crippen LogP contribution in [0.3, 0.4) is 0 Å². The van der Waals surface area contributed by atoms with E-state index >= 15 is 0 Å². The molecule has 2 amide bonds. The van der Waals surface area contributed by atoms with Gasteiger partial charge < -0.3 is 15.2 Å². The minimum atomic E-state index is -4.44. The molecule has 0 radical (unpaired) electrons. The molecule has 8 nitrogen and oxygen atoms in total. The van der Waals surface area contributed by atoms with E-state index in [-0.39, 0.29) is 18.4 Å². The number of H-pyrrole nitrogens is 1. The van der Waals surface area contributed by atoms with Crippen LogP contribution in [-0.2, 0) is 0 Å². The van der Waals surface area contributed by atoms with Gasteiger partial charge in [-0.05, 0) is 12.0 Å². The van der Waals surface area contributed by atoms with Gasteiger partial charge in [-0.1, -0.05) is 13.3 Å². The summed E-state index contributed by atoms with van der Waals surface area (Å²) in [6, 6.07) is 1.15. The van der Waals surface area contributed by atoms with E-state index in [9.17, 15) is 18.0 Å². The van der Waals surface area contributed by atoms with Crippen LogP contribution in [0.4, 0.5) is 18.0 Å². The van der Waals surface area contributed by atoms with E-state index in [1.54, 1.807) is 12.4 Å². The molecule has 0 unspecified atom stereocenters. The van der Waals surface area contributed by atoms with Gasteiger partial charge in [0.15, 0.2) is 11.3 Å². The van der Waals surface area contributed by atoms with Crippen LogP contribution in [0.15, 0.2) is 18.5 Å². The van der Waals surface area contributed by atoms with Crippen LogP contribution in [0.5, 0.6) is 0 Å². The van der Waals surface area contributed by atoms with Crippen molar-refractivity contribution in [2.75, 3.05) is 19.6 Å². The lowest BCUT2D eigenvalue weighted by atomic mass is 9.93. The van der Waals surface area contributed by atoms with Crippen LogP contribution in [0, 0.1) is 5.92 Å². The summed E-state index contributed by atoms with van der Waals surface area (Å²) in [4.78, 5) is 20.9. The molecule has 0 bridgehead atoms. The molecule has 4 rings (SSSR count). The molecule has 1 aliphatic heterocycles. The number of aromatic nitrogens is 5. The first-order chi connectivity index (χ1) is 12.9. The standard InChI is InChI=1S/C16H18F3N7O/c1-2-9-6-25(15(27)22-8-16(17,18)19)7-10(9)14-24-23-12-5-21-13-11(26(12)14)3-4-20-13/h3-5,9-10,20H,2,6-8H2,1H3,(H,22,27)/t9-,10+/m0/s1. The van der Waals surface area contributed by atoms with Gasteiger partial charge >= 0.3 is 12.2 Å². The first kappa shape index (κ1) is 17.6. The molecule has 0 spiro atoms. The van der Waals surface area contributed by atoms with E-state index < -0.39 is 18.8 Å². The van der Waals surface area contributed by atoms with Crippen LogP contribution in [0.2, 0.25) is 0 Å². The molecule has 4 heterocycles. The molecule has 2 atom stereocenters. The zero-order valence-corrected chi connectivity index (χ0v) is 14.5. The van der Waals surface area contributed by atoms with Crippen molar-refractivity contribution in [2.24, 2.45) is 5.92 Å². The smallest absolute Gasteiger partial charge is 0.345 e. The molecule has 0 aliphatic carbocycles. The van der Waals surface area contributed by atoms with Gasteiger partial charge in [0.1, 0.15) is 12.4 Å². The Hall–Kier alpha value is -2.85. The van der Waals surface area contributed by atoms with Crippen LogP contribution in [0.1, 0.15) is 25.1 Å². The summed E-state index contributed by atoms with van der Waals surface area (Å²) >= 11 is 0. The number of fused-ring (bicyclic) bond motifs is 3. The number of amides is 2. The van der Waals surface area contributed by atoms with Gasteiger partial charge in [0.05, 0.1) is 11.7 Å². The monoisotopic (exact) mass is 381 g/mol. The van der Waals surface area contributed by atoms with Crippen LogP contribution < -0.4 is 5.32 Å². The predicted molar refractivity (Wildman–Crippen MR) is 90.2 cm³/mol. The van der Waals surface area contributed by atoms with Crippen molar-refractivity contribution in [1.82, 2.24) is 34.8 Å². The molecule has 3 aromatic heterocycles. The quantitative estimate of drug-likeness (QED) is 0.728. The van der Waals surface area contributed by atoms with Crippen LogP contribution >= 0.6 is 0 Å². The van der Waals surface area contributed by atoms with Gasteiger partial charge in [-0.25, -0.2) is 9.78 Å². The van der Waals surface area contributed by atoms with E-state index in [0.717, 1.165) is 11.9 Å². The minimum absolute atomic E-state index is 0.0798. The molecular formula is C16H18F3N7O. The number of nitrogens with one attached hydrogen (secondary N) is 2. The first-order valence-corrected chi connectivity index (χ1v) is 8.64. The van der Waals surface area contributed by atoms with Gasteiger partial charge in [-0.15, -0.1) is 10.2 Å². The summed E-state index contributed by atoms with van der Waals surface area (Å²) in [7, 11) is 0. The second-order valence-corrected chi connectivity index (χ2v) is 6.68. The number of rotatable bonds is 3. The first-order valence-electron chi connectivity index (χ1n) is 8.64. The van der Waals surface area contributed by atoms with E-state index in [1.165, 1.54) is 4.90 Å². The predicted octanol–water partition coefficient (Wildman–Crippen LogP) is 2.30. The largest absolute Gasteiger partial charge is 0.405 e. The third-order valence-electron chi connectivity index (χ3n) is 4.99. The number of hydrogen-bond donors (Lipinski definition) is 2. The van der Waals surface area contributed by atoms with Crippen molar-refractivity contribution in [3.05, 3.63) is 24.3 Å². The zero-order chi connectivity index (χ0) is 19.2. The Morgan fingerprint density at radius 1 is 1.37 bits per heavy atom. The summed E-state index contributed by atoms with van der Waals surface area (Å²) in [5.41, 5.74) is 2.10. The van der Waals surface area contributed by atoms with Gasteiger partial charge in [-0.3, -0.25) is 4.40 Å². The molecule has 11 heteroatoms. The third-order valence-corrected chi connectivity index (χ3v) is 4.99. The highest BCUT2D eigenvalue weighted by Crippen LogP contribution is 2.34. The Morgan fingerprint density at radius 2 is 2.19 bits per heavy atom. The lowest BCUT2D eigenvalue weighted by Gasteiger charge is -2.18. The minimum Gasteiger partial charge on any atom is -0.345 e. The van der Waals surface area contributed by atoms with Crippen molar-refractivity contribution in [3.63, 3.8) is 0 Å². The lowest BCUT2D eigenvalue weighted by Crippen LogP contribution is -2.42. The maximum Gasteiger partial charge on any atom is 0.405 e. The second-order valence-electron chi connectivity index (χ2n) is 6.68. The summed E-state index contributed by atoms with van der Waals surface area (Å²) in [5, 5.41) is 10.4. The summed E-state index contributed by atoms with van der Waals surface area (Å²) < 4.78 is 39.0. The number of aromatic amines is 1. The van der Waals surface area contributed by atoms with Gasteiger partial charge in [0, 0.05) is 25.2 Å². The average molecular weight is 381 g/mol. The summed E-state index contributed by atoms with van der Waals surface area (Å²) in [6.45, 7) is 1.32. The fourth-order valence-corrected chi connectivity index (χ4v) is 3.67. The number of carbonyl (C=O) groups is 1. The maximum absolute atomic E-state index is 12.4. The number of hydrogen-bond acceptors (Lipinski definition) is 4. The van der Waals surface area contributed by atoms with E-state index in [1.807, 2.05) is 22.7 Å². The van der Waals surface area contributed by atoms with Crippen molar-refractivity contribution in [3.8, 4) is 0 Å². The lowest BCUT2D eigenvalue weighted by molar-refractivity contribution is -0.123. The molecule has 1 fully saturated rings. The van der Waals surface area contributed by atoms with Crippen molar-refractivity contribution >= 4 is 22.8 Å². The average Bonchev–Trinajstić information content (AvgIpc) is 3.33. The molecule has 3 aromatic rings. The molecule has 2 N–H and O–H groups in total. The number of likely N-dealkylation sites (tertiary alicyclic amines) is 1. The fourth-order valence-electron chi connectivity index (χ4n) is 3.67. The Labute approximate surface area is 151 Å². The number of urea groups is 1. The highest BCUT2D eigenvalue weighted by molar-refractivity contribution is 5.75. The third kappa shape index (κ3) is 3.17. The Bertz CT molecular complexity index is 979. The number of nitrogens with zero attached hydrogens (tertiary/aromatic N) is 5.